The second kappa shape index (κ2) is 4.43. The highest BCUT2D eigenvalue weighted by Gasteiger charge is 2.34. The van der Waals surface area contributed by atoms with E-state index in [4.69, 9.17) is 0 Å². The van der Waals surface area contributed by atoms with Crippen molar-refractivity contribution in [2.75, 3.05) is 0 Å². The first kappa shape index (κ1) is 11.7. The number of aldehydes is 1. The van der Waals surface area contributed by atoms with E-state index in [-0.39, 0.29) is 17.4 Å². The van der Waals surface area contributed by atoms with E-state index in [0.29, 0.717) is 12.3 Å². The minimum absolute atomic E-state index is 0.214. The van der Waals surface area contributed by atoms with E-state index < -0.39 is 0 Å². The van der Waals surface area contributed by atoms with Gasteiger partial charge in [-0.3, -0.25) is 0 Å². The molecule has 1 rings (SSSR count). The number of carbonyl (C=O) groups excluding carboxylic acids is 1. The van der Waals surface area contributed by atoms with Crippen molar-refractivity contribution < 1.29 is 9.90 Å². The lowest BCUT2D eigenvalue weighted by Gasteiger charge is -2.39. The van der Waals surface area contributed by atoms with Gasteiger partial charge >= 0.3 is 0 Å². The topological polar surface area (TPSA) is 37.3 Å². The highest BCUT2D eigenvalue weighted by atomic mass is 16.3. The van der Waals surface area contributed by atoms with Gasteiger partial charge in [0, 0.05) is 6.42 Å². The normalized spacial score (nSPS) is 34.1. The Morgan fingerprint density at radius 1 is 1.36 bits per heavy atom. The molecule has 0 aromatic heterocycles. The zero-order valence-electron chi connectivity index (χ0n) is 9.49. The van der Waals surface area contributed by atoms with Gasteiger partial charge in [0.05, 0.1) is 6.10 Å². The van der Waals surface area contributed by atoms with Crippen LogP contribution in [0.2, 0.25) is 0 Å². The van der Waals surface area contributed by atoms with E-state index in [1.807, 2.05) is 0 Å². The molecule has 0 amide bonds. The van der Waals surface area contributed by atoms with E-state index in [1.165, 1.54) is 0 Å². The first-order valence-corrected chi connectivity index (χ1v) is 5.57. The largest absolute Gasteiger partial charge is 0.393 e. The summed E-state index contributed by atoms with van der Waals surface area (Å²) in [5.41, 5.74) is 0.285. The van der Waals surface area contributed by atoms with Crippen molar-refractivity contribution >= 4 is 6.29 Å². The lowest BCUT2D eigenvalue weighted by molar-refractivity contribution is -0.110. The first-order chi connectivity index (χ1) is 6.45. The van der Waals surface area contributed by atoms with Gasteiger partial charge < -0.3 is 9.90 Å². The molecule has 0 radical (unpaired) electrons. The van der Waals surface area contributed by atoms with Gasteiger partial charge in [-0.2, -0.15) is 0 Å². The van der Waals surface area contributed by atoms with Crippen LogP contribution in [0.4, 0.5) is 0 Å². The highest BCUT2D eigenvalue weighted by Crippen LogP contribution is 2.40. The van der Waals surface area contributed by atoms with Crippen molar-refractivity contribution in [2.45, 2.75) is 52.6 Å². The minimum Gasteiger partial charge on any atom is -0.393 e. The Labute approximate surface area is 86.7 Å². The van der Waals surface area contributed by atoms with Gasteiger partial charge in [-0.15, -0.1) is 0 Å². The Balaban J connectivity index is 2.50. The molecule has 1 fully saturated rings. The summed E-state index contributed by atoms with van der Waals surface area (Å²) in [6, 6.07) is 0. The van der Waals surface area contributed by atoms with Gasteiger partial charge in [-0.1, -0.05) is 20.8 Å². The molecule has 0 spiro atoms. The maximum Gasteiger partial charge on any atom is 0.120 e. The van der Waals surface area contributed by atoms with Gasteiger partial charge in [0.25, 0.3) is 0 Å². The molecule has 2 nitrogen and oxygen atoms in total. The molecule has 3 atom stereocenters. The molecule has 0 bridgehead atoms. The third kappa shape index (κ3) is 2.81. The molecule has 1 saturated carbocycles. The van der Waals surface area contributed by atoms with Crippen molar-refractivity contribution in [1.82, 2.24) is 0 Å². The maximum absolute atomic E-state index is 10.4. The molecule has 0 unspecified atom stereocenters. The Kier molecular flexibility index (Phi) is 3.71. The molecule has 1 N–H and O–H groups in total. The van der Waals surface area contributed by atoms with Crippen LogP contribution < -0.4 is 0 Å². The van der Waals surface area contributed by atoms with Crippen molar-refractivity contribution in [3.8, 4) is 0 Å². The second-order valence-electron chi connectivity index (χ2n) is 5.61. The molecule has 1 aliphatic rings. The summed E-state index contributed by atoms with van der Waals surface area (Å²) in [6.45, 7) is 6.68. The molecule has 2 heteroatoms. The van der Waals surface area contributed by atoms with Crippen molar-refractivity contribution in [3.63, 3.8) is 0 Å². The number of aliphatic hydroxyl groups excluding tert-OH is 1. The van der Waals surface area contributed by atoms with Gasteiger partial charge in [0.15, 0.2) is 0 Å². The predicted octanol–water partition coefficient (Wildman–Crippen LogP) is 2.40. The second-order valence-corrected chi connectivity index (χ2v) is 5.61. The fourth-order valence-corrected chi connectivity index (χ4v) is 2.39. The SMILES string of the molecule is CC(C)(C)[C@H]1CC[C@H](CC=O)[C@@H](O)C1. The minimum atomic E-state index is -0.266. The third-order valence-electron chi connectivity index (χ3n) is 3.58. The lowest BCUT2D eigenvalue weighted by Crippen LogP contribution is -2.35. The summed E-state index contributed by atoms with van der Waals surface area (Å²) in [7, 11) is 0. The number of rotatable bonds is 2. The fraction of sp³-hybridized carbons (Fsp3) is 0.917. The fourth-order valence-electron chi connectivity index (χ4n) is 2.39. The zero-order valence-corrected chi connectivity index (χ0v) is 9.49. The van der Waals surface area contributed by atoms with Crippen LogP contribution in [0.5, 0.6) is 0 Å². The molecular formula is C12H22O2. The van der Waals surface area contributed by atoms with Crippen molar-refractivity contribution in [2.24, 2.45) is 17.3 Å². The van der Waals surface area contributed by atoms with Crippen LogP contribution in [0.3, 0.4) is 0 Å². The van der Waals surface area contributed by atoms with Crippen molar-refractivity contribution in [3.05, 3.63) is 0 Å². The average Bonchev–Trinajstić information content (AvgIpc) is 2.07. The molecule has 1 aliphatic carbocycles. The number of hydrogen-bond donors (Lipinski definition) is 1. The third-order valence-corrected chi connectivity index (χ3v) is 3.58. The smallest absolute Gasteiger partial charge is 0.120 e. The first-order valence-electron chi connectivity index (χ1n) is 5.57. The average molecular weight is 198 g/mol. The summed E-state index contributed by atoms with van der Waals surface area (Å²) in [4.78, 5) is 10.4. The molecule has 0 saturated heterocycles. The summed E-state index contributed by atoms with van der Waals surface area (Å²) in [6.07, 6.45) is 4.21. The molecule has 0 aromatic carbocycles. The van der Waals surface area contributed by atoms with Crippen LogP contribution in [0, 0.1) is 17.3 Å². The van der Waals surface area contributed by atoms with Crippen LogP contribution >= 0.6 is 0 Å². The quantitative estimate of drug-likeness (QED) is 0.692. The number of hydrogen-bond acceptors (Lipinski definition) is 2. The van der Waals surface area contributed by atoms with E-state index in [0.717, 1.165) is 25.5 Å². The molecule has 82 valence electrons. The zero-order chi connectivity index (χ0) is 10.8. The summed E-state index contributed by atoms with van der Waals surface area (Å²) in [5.74, 6) is 0.812. The summed E-state index contributed by atoms with van der Waals surface area (Å²) in [5, 5.41) is 9.87. The summed E-state index contributed by atoms with van der Waals surface area (Å²) < 4.78 is 0. The van der Waals surface area contributed by atoms with Crippen LogP contribution in [0.1, 0.15) is 46.5 Å². The van der Waals surface area contributed by atoms with Crippen LogP contribution in [-0.4, -0.2) is 17.5 Å². The summed E-state index contributed by atoms with van der Waals surface area (Å²) >= 11 is 0. The molecule has 0 aliphatic heterocycles. The Hall–Kier alpha value is -0.370. The molecule has 14 heavy (non-hydrogen) atoms. The number of aliphatic hydroxyl groups is 1. The highest BCUT2D eigenvalue weighted by molar-refractivity contribution is 5.49. The monoisotopic (exact) mass is 198 g/mol. The van der Waals surface area contributed by atoms with Crippen LogP contribution in [-0.2, 0) is 4.79 Å². The van der Waals surface area contributed by atoms with Crippen LogP contribution in [0.25, 0.3) is 0 Å². The molecular weight excluding hydrogens is 176 g/mol. The molecule has 0 aromatic rings. The predicted molar refractivity (Wildman–Crippen MR) is 57.0 cm³/mol. The van der Waals surface area contributed by atoms with Gasteiger partial charge in [0.2, 0.25) is 0 Å². The van der Waals surface area contributed by atoms with E-state index in [9.17, 15) is 9.90 Å². The Morgan fingerprint density at radius 2 is 2.00 bits per heavy atom. The van der Waals surface area contributed by atoms with Gasteiger partial charge in [-0.05, 0) is 36.5 Å². The number of carbonyl (C=O) groups is 1. The van der Waals surface area contributed by atoms with E-state index in [1.54, 1.807) is 0 Å². The Morgan fingerprint density at radius 3 is 2.43 bits per heavy atom. The van der Waals surface area contributed by atoms with E-state index >= 15 is 0 Å². The van der Waals surface area contributed by atoms with E-state index in [2.05, 4.69) is 20.8 Å². The van der Waals surface area contributed by atoms with Crippen molar-refractivity contribution in [1.29, 1.82) is 0 Å². The molecule has 0 heterocycles. The Bertz CT molecular complexity index is 193. The van der Waals surface area contributed by atoms with Crippen LogP contribution in [0.15, 0.2) is 0 Å². The maximum atomic E-state index is 10.4. The van der Waals surface area contributed by atoms with Gasteiger partial charge in [0.1, 0.15) is 6.29 Å². The van der Waals surface area contributed by atoms with Gasteiger partial charge in [-0.25, -0.2) is 0 Å². The standard InChI is InChI=1S/C12H22O2/c1-12(2,3)10-5-4-9(6-7-13)11(14)8-10/h7,9-11,14H,4-6,8H2,1-3H3/t9-,10+,11+/m1/s1. The lowest BCUT2D eigenvalue weighted by atomic mass is 9.68.